The van der Waals surface area contributed by atoms with Gasteiger partial charge in [0.15, 0.2) is 0 Å². The molecule has 0 aromatic heterocycles. The van der Waals surface area contributed by atoms with Gasteiger partial charge in [-0.25, -0.2) is 0 Å². The van der Waals surface area contributed by atoms with Crippen molar-refractivity contribution >= 4 is 10.8 Å². The zero-order valence-corrected chi connectivity index (χ0v) is 10.3. The molecule has 0 saturated heterocycles. The van der Waals surface area contributed by atoms with Crippen LogP contribution in [-0.2, 0) is 0 Å². The first kappa shape index (κ1) is 11.9. The minimum Gasteiger partial charge on any atom is -0.497 e. The molecule has 0 radical (unpaired) electrons. The van der Waals surface area contributed by atoms with Crippen molar-refractivity contribution in [2.45, 2.75) is 19.3 Å². The van der Waals surface area contributed by atoms with E-state index in [1.165, 1.54) is 16.3 Å². The summed E-state index contributed by atoms with van der Waals surface area (Å²) in [5, 5.41) is 11.4. The first-order valence-corrected chi connectivity index (χ1v) is 5.93. The van der Waals surface area contributed by atoms with Crippen molar-refractivity contribution < 1.29 is 9.84 Å². The third kappa shape index (κ3) is 2.59. The van der Waals surface area contributed by atoms with Crippen LogP contribution in [0.15, 0.2) is 36.4 Å². The van der Waals surface area contributed by atoms with E-state index >= 15 is 0 Å². The maximum atomic E-state index is 8.96. The van der Waals surface area contributed by atoms with Gasteiger partial charge in [0.1, 0.15) is 5.75 Å². The first-order chi connectivity index (χ1) is 8.24. The average molecular weight is 230 g/mol. The molecule has 0 bridgehead atoms. The molecule has 0 amide bonds. The summed E-state index contributed by atoms with van der Waals surface area (Å²) in [6.45, 7) is 2.38. The quantitative estimate of drug-likeness (QED) is 0.873. The van der Waals surface area contributed by atoms with E-state index in [2.05, 4.69) is 31.2 Å². The van der Waals surface area contributed by atoms with Crippen molar-refractivity contribution in [3.05, 3.63) is 42.0 Å². The molecular weight excluding hydrogens is 212 g/mol. The van der Waals surface area contributed by atoms with Crippen LogP contribution in [0.3, 0.4) is 0 Å². The van der Waals surface area contributed by atoms with Gasteiger partial charge in [0.05, 0.1) is 7.11 Å². The second-order valence-electron chi connectivity index (χ2n) is 4.39. The highest BCUT2D eigenvalue weighted by Crippen LogP contribution is 2.26. The Kier molecular flexibility index (Phi) is 3.64. The van der Waals surface area contributed by atoms with Gasteiger partial charge >= 0.3 is 0 Å². The Morgan fingerprint density at radius 3 is 2.53 bits per heavy atom. The van der Waals surface area contributed by atoms with Gasteiger partial charge in [-0.15, -0.1) is 0 Å². The molecule has 0 spiro atoms. The lowest BCUT2D eigenvalue weighted by atomic mass is 9.95. The Labute approximate surface area is 102 Å². The summed E-state index contributed by atoms with van der Waals surface area (Å²) in [5.74, 6) is 1.28. The minimum atomic E-state index is 0.238. The van der Waals surface area contributed by atoms with Gasteiger partial charge in [0.2, 0.25) is 0 Å². The number of methoxy groups -OCH3 is 1. The van der Waals surface area contributed by atoms with E-state index in [1.54, 1.807) is 7.11 Å². The van der Waals surface area contributed by atoms with Gasteiger partial charge in [-0.05, 0) is 40.8 Å². The lowest BCUT2D eigenvalue weighted by Crippen LogP contribution is -1.96. The van der Waals surface area contributed by atoms with Crippen molar-refractivity contribution in [2.24, 2.45) is 0 Å². The molecular formula is C15H18O2. The summed E-state index contributed by atoms with van der Waals surface area (Å²) in [6, 6.07) is 12.5. The fourth-order valence-electron chi connectivity index (χ4n) is 2.04. The first-order valence-electron chi connectivity index (χ1n) is 5.93. The van der Waals surface area contributed by atoms with Crippen LogP contribution in [0.1, 0.15) is 24.8 Å². The summed E-state index contributed by atoms with van der Waals surface area (Å²) >= 11 is 0. The molecule has 0 aliphatic carbocycles. The van der Waals surface area contributed by atoms with E-state index < -0.39 is 0 Å². The smallest absolute Gasteiger partial charge is 0.119 e. The van der Waals surface area contributed by atoms with Crippen LogP contribution >= 0.6 is 0 Å². The van der Waals surface area contributed by atoms with Crippen LogP contribution in [0.25, 0.3) is 10.8 Å². The second-order valence-corrected chi connectivity index (χ2v) is 4.39. The maximum Gasteiger partial charge on any atom is 0.119 e. The van der Waals surface area contributed by atoms with E-state index in [0.717, 1.165) is 12.2 Å². The monoisotopic (exact) mass is 230 g/mol. The fraction of sp³-hybridized carbons (Fsp3) is 0.333. The summed E-state index contributed by atoms with van der Waals surface area (Å²) in [6.07, 6.45) is 0.807. The number of ether oxygens (including phenoxy) is 1. The Morgan fingerprint density at radius 2 is 1.82 bits per heavy atom. The molecule has 0 saturated carbocycles. The van der Waals surface area contributed by atoms with E-state index in [0.29, 0.717) is 5.92 Å². The molecule has 2 aromatic rings. The fourth-order valence-corrected chi connectivity index (χ4v) is 2.04. The van der Waals surface area contributed by atoms with Gasteiger partial charge in [-0.1, -0.05) is 31.2 Å². The van der Waals surface area contributed by atoms with Crippen LogP contribution in [0.4, 0.5) is 0 Å². The van der Waals surface area contributed by atoms with Gasteiger partial charge in [0.25, 0.3) is 0 Å². The Hall–Kier alpha value is -1.54. The Bertz CT molecular complexity index is 505. The summed E-state index contributed by atoms with van der Waals surface area (Å²) in [5.41, 5.74) is 1.27. The van der Waals surface area contributed by atoms with Crippen LogP contribution in [0.2, 0.25) is 0 Å². The minimum absolute atomic E-state index is 0.238. The van der Waals surface area contributed by atoms with Crippen LogP contribution < -0.4 is 4.74 Å². The Morgan fingerprint density at radius 1 is 1.12 bits per heavy atom. The van der Waals surface area contributed by atoms with Gasteiger partial charge in [-0.2, -0.15) is 0 Å². The van der Waals surface area contributed by atoms with Crippen LogP contribution in [0.5, 0.6) is 5.75 Å². The molecule has 1 N–H and O–H groups in total. The van der Waals surface area contributed by atoms with E-state index in [-0.39, 0.29) is 6.61 Å². The van der Waals surface area contributed by atoms with Crippen molar-refractivity contribution in [1.82, 2.24) is 0 Å². The van der Waals surface area contributed by atoms with Gasteiger partial charge in [0, 0.05) is 6.61 Å². The third-order valence-electron chi connectivity index (χ3n) is 3.20. The molecule has 0 aliphatic heterocycles. The lowest BCUT2D eigenvalue weighted by molar-refractivity contribution is 0.278. The molecule has 0 aliphatic rings. The molecule has 17 heavy (non-hydrogen) atoms. The highest BCUT2D eigenvalue weighted by atomic mass is 16.5. The van der Waals surface area contributed by atoms with Gasteiger partial charge in [-0.3, -0.25) is 0 Å². The molecule has 90 valence electrons. The SMILES string of the molecule is COc1ccc2cc(C(C)CCO)ccc2c1. The number of benzene rings is 2. The standard InChI is InChI=1S/C15H18O2/c1-11(7-8-16)12-3-4-14-10-15(17-2)6-5-13(14)9-12/h3-6,9-11,16H,7-8H2,1-2H3. The van der Waals surface area contributed by atoms with Crippen LogP contribution in [-0.4, -0.2) is 18.8 Å². The predicted molar refractivity (Wildman–Crippen MR) is 70.6 cm³/mol. The second kappa shape index (κ2) is 5.19. The highest BCUT2D eigenvalue weighted by molar-refractivity contribution is 5.84. The van der Waals surface area contributed by atoms with E-state index in [1.807, 2.05) is 12.1 Å². The number of hydrogen-bond acceptors (Lipinski definition) is 2. The lowest BCUT2D eigenvalue weighted by Gasteiger charge is -2.11. The number of hydrogen-bond donors (Lipinski definition) is 1. The topological polar surface area (TPSA) is 29.5 Å². The highest BCUT2D eigenvalue weighted by Gasteiger charge is 2.05. The molecule has 0 heterocycles. The summed E-state index contributed by atoms with van der Waals surface area (Å²) in [7, 11) is 1.68. The largest absolute Gasteiger partial charge is 0.497 e. The van der Waals surface area contributed by atoms with Crippen molar-refractivity contribution in [2.75, 3.05) is 13.7 Å². The number of rotatable bonds is 4. The number of fused-ring (bicyclic) bond motifs is 1. The molecule has 0 fully saturated rings. The molecule has 1 atom stereocenters. The van der Waals surface area contributed by atoms with Crippen LogP contribution in [0, 0.1) is 0 Å². The van der Waals surface area contributed by atoms with Crippen molar-refractivity contribution in [3.63, 3.8) is 0 Å². The van der Waals surface area contributed by atoms with Crippen molar-refractivity contribution in [1.29, 1.82) is 0 Å². The molecule has 2 heteroatoms. The van der Waals surface area contributed by atoms with E-state index in [9.17, 15) is 0 Å². The zero-order valence-electron chi connectivity index (χ0n) is 10.3. The number of aliphatic hydroxyl groups excluding tert-OH is 1. The molecule has 2 aromatic carbocycles. The Balaban J connectivity index is 2.37. The van der Waals surface area contributed by atoms with Crippen molar-refractivity contribution in [3.8, 4) is 5.75 Å². The summed E-state index contributed by atoms with van der Waals surface area (Å²) in [4.78, 5) is 0. The molecule has 2 rings (SSSR count). The molecule has 2 nitrogen and oxygen atoms in total. The normalized spacial score (nSPS) is 12.6. The number of aliphatic hydroxyl groups is 1. The third-order valence-corrected chi connectivity index (χ3v) is 3.20. The molecule has 1 unspecified atom stereocenters. The zero-order chi connectivity index (χ0) is 12.3. The van der Waals surface area contributed by atoms with E-state index in [4.69, 9.17) is 9.84 Å². The maximum absolute atomic E-state index is 8.96. The average Bonchev–Trinajstić information content (AvgIpc) is 2.37. The summed E-state index contributed by atoms with van der Waals surface area (Å²) < 4.78 is 5.21. The van der Waals surface area contributed by atoms with Gasteiger partial charge < -0.3 is 9.84 Å². The predicted octanol–water partition coefficient (Wildman–Crippen LogP) is 3.33.